The molecule has 0 radical (unpaired) electrons. The van der Waals surface area contributed by atoms with E-state index in [2.05, 4.69) is 15.0 Å². The number of benzene rings is 1. The summed E-state index contributed by atoms with van der Waals surface area (Å²) in [5, 5.41) is -0.413. The van der Waals surface area contributed by atoms with Crippen LogP contribution in [0.3, 0.4) is 0 Å². The van der Waals surface area contributed by atoms with Gasteiger partial charge in [0.2, 0.25) is 0 Å². The van der Waals surface area contributed by atoms with E-state index in [4.69, 9.17) is 25.3 Å². The molecule has 0 aliphatic rings. The first-order valence-corrected chi connectivity index (χ1v) is 8.31. The first kappa shape index (κ1) is 6.66. The number of aromatic amines is 1. The lowest BCUT2D eigenvalue weighted by Gasteiger charge is -2.08. The van der Waals surface area contributed by atoms with Crippen molar-refractivity contribution in [2.24, 2.45) is 0 Å². The largest absolute Gasteiger partial charge is 0.496 e. The Balaban J connectivity index is 1.87. The normalized spacial score (nSPS) is 21.6. The van der Waals surface area contributed by atoms with Gasteiger partial charge in [-0.15, -0.1) is 0 Å². The highest BCUT2D eigenvalue weighted by Gasteiger charge is 2.15. The Morgan fingerprint density at radius 2 is 2.23 bits per heavy atom. The van der Waals surface area contributed by atoms with E-state index in [-0.39, 0.29) is 11.0 Å². The van der Waals surface area contributed by atoms with Gasteiger partial charge >= 0.3 is 0 Å². The summed E-state index contributed by atoms with van der Waals surface area (Å²) in [6, 6.07) is -3.98. The van der Waals surface area contributed by atoms with E-state index in [0.29, 0.717) is 4.57 Å². The van der Waals surface area contributed by atoms with E-state index < -0.39 is 113 Å². The molecule has 3 aromatic heterocycles. The fourth-order valence-electron chi connectivity index (χ4n) is 2.10. The third-order valence-corrected chi connectivity index (χ3v) is 4.47. The van der Waals surface area contributed by atoms with Crippen molar-refractivity contribution in [2.75, 3.05) is 7.04 Å². The van der Waals surface area contributed by atoms with Crippen molar-refractivity contribution in [1.29, 1.82) is 0 Å². The summed E-state index contributed by atoms with van der Waals surface area (Å²) in [5.41, 5.74) is -2.39. The summed E-state index contributed by atoms with van der Waals surface area (Å²) >= 11 is 0. The summed E-state index contributed by atoms with van der Waals surface area (Å²) in [4.78, 5) is 10.3. The average molecular weight is 382 g/mol. The lowest BCUT2D eigenvalue weighted by molar-refractivity contribution is 0.410. The first-order chi connectivity index (χ1) is 18.8. The topological polar surface area (TPSA) is 72.8 Å². The molecule has 132 valence electrons. The van der Waals surface area contributed by atoms with Crippen LogP contribution in [0.2, 0.25) is 0 Å². The predicted octanol–water partition coefficient (Wildman–Crippen LogP) is 3.37. The molecule has 0 saturated heterocycles. The Morgan fingerprint density at radius 1 is 1.35 bits per heavy atom. The SMILES string of the molecule is [2H]c1nc(CS(=O)c2nc3c([2H])c([2H])c(-n4c([2H])c([2H])c([2H])c4[2H])c([2H])c3[nH]2)c(C([2H])([2H])[2H])c(OC([2H])([2H])[2H])c1[2H]. The van der Waals surface area contributed by atoms with Gasteiger partial charge in [-0.3, -0.25) is 9.19 Å². The van der Waals surface area contributed by atoms with E-state index in [1.54, 1.807) is 0 Å². The van der Waals surface area contributed by atoms with Gasteiger partial charge in [0.1, 0.15) is 5.75 Å². The molecule has 0 saturated carbocycles. The molecular weight excluding hydrogens is 348 g/mol. The fourth-order valence-corrected chi connectivity index (χ4v) is 3.10. The zero-order chi connectivity index (χ0) is 30.9. The van der Waals surface area contributed by atoms with E-state index in [1.807, 2.05) is 0 Å². The smallest absolute Gasteiger partial charge is 0.197 e. The maximum Gasteiger partial charge on any atom is 0.197 e. The Labute approximate surface area is 174 Å². The quantitative estimate of drug-likeness (QED) is 0.575. The lowest BCUT2D eigenvalue weighted by Crippen LogP contribution is -2.03. The molecule has 1 N–H and O–H groups in total. The van der Waals surface area contributed by atoms with Crippen LogP contribution in [0.25, 0.3) is 16.7 Å². The number of hydrogen-bond acceptors (Lipinski definition) is 4. The minimum Gasteiger partial charge on any atom is -0.496 e. The third kappa shape index (κ3) is 3.01. The predicted molar refractivity (Wildman–Crippen MR) is 101 cm³/mol. The number of imidazole rings is 1. The molecule has 0 aliphatic heterocycles. The second-order valence-corrected chi connectivity index (χ2v) is 6.26. The molecule has 3 heterocycles. The number of pyridine rings is 1. The van der Waals surface area contributed by atoms with Crippen molar-refractivity contribution >= 4 is 21.8 Å². The molecule has 1 unspecified atom stereocenters. The van der Waals surface area contributed by atoms with Gasteiger partial charge in [0.15, 0.2) is 5.16 Å². The van der Waals surface area contributed by atoms with E-state index in [9.17, 15) is 4.21 Å². The molecule has 0 bridgehead atoms. The fraction of sp³-hybridized carbons (Fsp3) is 0.158. The molecule has 0 spiro atoms. The number of hydrogen-bond donors (Lipinski definition) is 1. The second-order valence-electron chi connectivity index (χ2n) is 4.89. The van der Waals surface area contributed by atoms with Gasteiger partial charge in [0.05, 0.1) is 56.8 Å². The molecule has 6 nitrogen and oxygen atoms in total. The van der Waals surface area contributed by atoms with Crippen LogP contribution in [0.1, 0.15) is 31.8 Å². The van der Waals surface area contributed by atoms with Crippen molar-refractivity contribution in [3.05, 3.63) is 66.0 Å². The molecule has 0 fully saturated rings. The second kappa shape index (κ2) is 6.76. The van der Waals surface area contributed by atoms with Crippen LogP contribution in [0.4, 0.5) is 0 Å². The number of H-pyrrole nitrogens is 1. The van der Waals surface area contributed by atoms with E-state index in [0.717, 1.165) is 0 Å². The lowest BCUT2D eigenvalue weighted by atomic mass is 10.2. The van der Waals surface area contributed by atoms with E-state index >= 15 is 0 Å². The number of rotatable bonds is 5. The van der Waals surface area contributed by atoms with Crippen LogP contribution in [0.5, 0.6) is 5.75 Å². The molecule has 4 rings (SSSR count). The maximum atomic E-state index is 13.3. The number of ether oxygens (including phenoxy) is 1. The third-order valence-electron chi connectivity index (χ3n) is 3.31. The van der Waals surface area contributed by atoms with Gasteiger partial charge in [-0.05, 0) is 43.1 Å². The van der Waals surface area contributed by atoms with Gasteiger partial charge in [-0.2, -0.15) is 0 Å². The number of nitrogens with zero attached hydrogens (tertiary/aromatic N) is 3. The zero-order valence-electron chi connectivity index (χ0n) is 27.8. The van der Waals surface area contributed by atoms with E-state index in [1.165, 1.54) is 0 Å². The molecule has 7 heteroatoms. The standard InChI is InChI=1S/C19H18N4O2S/c1-13-17(20-8-7-18(13)25-2)12-26(24)19-21-15-6-5-14(11-16(15)22-19)23-9-3-4-10-23/h3-11H,12H2,1-2H3,(H,21,22)/i1D3,2D3,3D,4D,5D,6D,7D,8D,9D,10D,11D. The summed E-state index contributed by atoms with van der Waals surface area (Å²) in [6.07, 6.45) is -2.16. The van der Waals surface area contributed by atoms with Crippen molar-refractivity contribution in [1.82, 2.24) is 19.5 Å². The van der Waals surface area contributed by atoms with Crippen LogP contribution in [0, 0.1) is 6.85 Å². The molecule has 0 aliphatic carbocycles. The highest BCUT2D eigenvalue weighted by molar-refractivity contribution is 7.84. The molecule has 26 heavy (non-hydrogen) atoms. The summed E-state index contributed by atoms with van der Waals surface area (Å²) < 4.78 is 137. The van der Waals surface area contributed by atoms with Crippen LogP contribution < -0.4 is 4.74 Å². The van der Waals surface area contributed by atoms with Gasteiger partial charge in [0, 0.05) is 33.9 Å². The average Bonchev–Trinajstić information content (AvgIpc) is 3.37. The molecular formula is C19H18N4O2S. The van der Waals surface area contributed by atoms with Gasteiger partial charge in [-0.25, -0.2) is 4.98 Å². The van der Waals surface area contributed by atoms with Gasteiger partial charge in [-0.1, -0.05) is 0 Å². The summed E-state index contributed by atoms with van der Waals surface area (Å²) in [7, 11) is -5.51. The monoisotopic (exact) mass is 381 g/mol. The minimum absolute atomic E-state index is 0.243. The highest BCUT2D eigenvalue weighted by atomic mass is 32.2. The Kier molecular flexibility index (Phi) is 1.73. The number of methoxy groups -OCH3 is 1. The maximum absolute atomic E-state index is 13.3. The number of nitrogens with one attached hydrogen (secondary N) is 1. The Morgan fingerprint density at radius 3 is 3.04 bits per heavy atom. The summed E-state index contributed by atoms with van der Waals surface area (Å²) in [5.74, 6) is -1.72. The Bertz CT molecular complexity index is 1720. The van der Waals surface area contributed by atoms with Crippen molar-refractivity contribution in [3.8, 4) is 11.4 Å². The molecule has 1 atom stereocenters. The van der Waals surface area contributed by atoms with Crippen LogP contribution in [-0.2, 0) is 16.6 Å². The number of fused-ring (bicyclic) bond motifs is 1. The van der Waals surface area contributed by atoms with Crippen LogP contribution >= 0.6 is 0 Å². The van der Waals surface area contributed by atoms with Crippen LogP contribution in [-0.4, -0.2) is 30.8 Å². The van der Waals surface area contributed by atoms with Crippen LogP contribution in [0.15, 0.2) is 59.9 Å². The molecule has 0 amide bonds. The van der Waals surface area contributed by atoms with Crippen molar-refractivity contribution in [2.45, 2.75) is 17.8 Å². The first-order valence-electron chi connectivity index (χ1n) is 14.5. The highest BCUT2D eigenvalue weighted by Crippen LogP contribution is 2.22. The van der Waals surface area contributed by atoms with Gasteiger partial charge in [0.25, 0.3) is 0 Å². The van der Waals surface area contributed by atoms with Crippen molar-refractivity contribution < 1.29 is 29.5 Å². The summed E-state index contributed by atoms with van der Waals surface area (Å²) in [6.45, 7) is -3.10. The molecule has 4 aromatic rings. The van der Waals surface area contributed by atoms with Crippen molar-refractivity contribution in [3.63, 3.8) is 0 Å². The minimum atomic E-state index is -3.18. The van der Waals surface area contributed by atoms with Gasteiger partial charge < -0.3 is 14.3 Å². The number of aromatic nitrogens is 4. The zero-order valence-corrected chi connectivity index (χ0v) is 13.6. The molecule has 1 aromatic carbocycles. The Hall–Kier alpha value is -2.93.